The van der Waals surface area contributed by atoms with Gasteiger partial charge in [-0.1, -0.05) is 12.1 Å². The summed E-state index contributed by atoms with van der Waals surface area (Å²) >= 11 is 0. The van der Waals surface area contributed by atoms with Crippen LogP contribution in [0.1, 0.15) is 15.9 Å². The average Bonchev–Trinajstić information content (AvgIpc) is 3.36. The molecular formula is C23H19F4N3O5S. The van der Waals surface area contributed by atoms with Crippen LogP contribution in [-0.4, -0.2) is 62.6 Å². The van der Waals surface area contributed by atoms with Gasteiger partial charge in [0.15, 0.2) is 0 Å². The van der Waals surface area contributed by atoms with Gasteiger partial charge in [0.1, 0.15) is 11.6 Å². The first-order chi connectivity index (χ1) is 16.8. The SMILES string of the molecule is NS(=O)(=O)c1ccc(C(=O)N2CC3=C(CN(C(=O)C=Cc4ccc(OC(F)(F)F)cc4)C3)C2)c(F)c1. The van der Waals surface area contributed by atoms with Gasteiger partial charge in [-0.2, -0.15) is 0 Å². The van der Waals surface area contributed by atoms with Crippen molar-refractivity contribution in [3.8, 4) is 5.75 Å². The van der Waals surface area contributed by atoms with E-state index in [2.05, 4.69) is 4.74 Å². The Kier molecular flexibility index (Phi) is 6.62. The Morgan fingerprint density at radius 2 is 1.53 bits per heavy atom. The molecule has 13 heteroatoms. The standard InChI is InChI=1S/C23H19F4N3O5S/c24-20-9-18(36(28,33)34)6-7-19(20)22(32)30-12-15-10-29(11-16(15)13-30)21(31)8-3-14-1-4-17(5-2-14)35-23(25,26)27/h1-9H,10-13H2,(H2,28,33,34). The highest BCUT2D eigenvalue weighted by atomic mass is 32.2. The van der Waals surface area contributed by atoms with Crippen LogP contribution in [0.5, 0.6) is 5.75 Å². The Morgan fingerprint density at radius 3 is 2.06 bits per heavy atom. The normalized spacial score (nSPS) is 16.1. The molecule has 2 N–H and O–H groups in total. The molecule has 8 nitrogen and oxygen atoms in total. The van der Waals surface area contributed by atoms with Crippen LogP contribution in [-0.2, 0) is 14.8 Å². The Labute approximate surface area is 203 Å². The van der Waals surface area contributed by atoms with Crippen LogP contribution in [0.25, 0.3) is 6.08 Å². The molecule has 0 spiro atoms. The van der Waals surface area contributed by atoms with Gasteiger partial charge in [0.05, 0.1) is 10.5 Å². The number of amides is 2. The fourth-order valence-corrected chi connectivity index (χ4v) is 4.48. The lowest BCUT2D eigenvalue weighted by Gasteiger charge is -2.22. The molecular weight excluding hydrogens is 506 g/mol. The minimum Gasteiger partial charge on any atom is -0.406 e. The molecule has 0 unspecified atom stereocenters. The first-order valence-corrected chi connectivity index (χ1v) is 12.0. The van der Waals surface area contributed by atoms with E-state index in [4.69, 9.17) is 5.14 Å². The summed E-state index contributed by atoms with van der Waals surface area (Å²) in [6.45, 7) is 0.929. The van der Waals surface area contributed by atoms with Gasteiger partial charge in [-0.05, 0) is 53.1 Å². The Morgan fingerprint density at radius 1 is 0.944 bits per heavy atom. The second-order valence-corrected chi connectivity index (χ2v) is 9.76. The number of carbonyl (C=O) groups excluding carboxylic acids is 2. The number of rotatable bonds is 5. The number of carbonyl (C=O) groups is 2. The summed E-state index contributed by atoms with van der Waals surface area (Å²) in [7, 11) is -4.11. The van der Waals surface area contributed by atoms with E-state index in [9.17, 15) is 35.6 Å². The summed E-state index contributed by atoms with van der Waals surface area (Å²) < 4.78 is 77.6. The van der Waals surface area contributed by atoms with Gasteiger partial charge in [0.2, 0.25) is 15.9 Å². The predicted octanol–water partition coefficient (Wildman–Crippen LogP) is 2.68. The van der Waals surface area contributed by atoms with E-state index in [1.165, 1.54) is 29.2 Å². The van der Waals surface area contributed by atoms with E-state index in [-0.39, 0.29) is 43.4 Å². The van der Waals surface area contributed by atoms with Gasteiger partial charge >= 0.3 is 6.36 Å². The topological polar surface area (TPSA) is 110 Å². The summed E-state index contributed by atoms with van der Waals surface area (Å²) in [5, 5.41) is 4.98. The maximum absolute atomic E-state index is 14.4. The third kappa shape index (κ3) is 5.74. The fourth-order valence-electron chi connectivity index (χ4n) is 3.95. The maximum atomic E-state index is 14.4. The molecule has 0 fully saturated rings. The van der Waals surface area contributed by atoms with Crippen molar-refractivity contribution < 1.29 is 40.3 Å². The molecule has 36 heavy (non-hydrogen) atoms. The van der Waals surface area contributed by atoms with Gasteiger partial charge in [0, 0.05) is 32.3 Å². The van der Waals surface area contributed by atoms with Crippen molar-refractivity contribution in [1.82, 2.24) is 9.80 Å². The van der Waals surface area contributed by atoms with Crippen molar-refractivity contribution >= 4 is 27.9 Å². The first kappa shape index (κ1) is 25.4. The summed E-state index contributed by atoms with van der Waals surface area (Å²) in [6.07, 6.45) is -2.02. The number of alkyl halides is 3. The molecule has 0 atom stereocenters. The third-order valence-corrected chi connectivity index (χ3v) is 6.57. The second kappa shape index (κ2) is 9.39. The first-order valence-electron chi connectivity index (χ1n) is 10.4. The van der Waals surface area contributed by atoms with Crippen LogP contribution in [0, 0.1) is 5.82 Å². The van der Waals surface area contributed by atoms with E-state index in [1.54, 1.807) is 4.90 Å². The van der Waals surface area contributed by atoms with Gasteiger partial charge in [-0.25, -0.2) is 17.9 Å². The van der Waals surface area contributed by atoms with E-state index >= 15 is 0 Å². The number of nitrogens with two attached hydrogens (primary N) is 1. The van der Waals surface area contributed by atoms with Crippen LogP contribution in [0.15, 0.2) is 64.6 Å². The molecule has 2 heterocycles. The molecule has 190 valence electrons. The molecule has 0 bridgehead atoms. The van der Waals surface area contributed by atoms with Crippen molar-refractivity contribution in [3.05, 3.63) is 76.6 Å². The lowest BCUT2D eigenvalue weighted by Crippen LogP contribution is -2.36. The molecule has 2 aliphatic heterocycles. The monoisotopic (exact) mass is 525 g/mol. The van der Waals surface area contributed by atoms with Crippen LogP contribution in [0.2, 0.25) is 0 Å². The summed E-state index contributed by atoms with van der Waals surface area (Å²) in [5.41, 5.74) is 1.91. The van der Waals surface area contributed by atoms with Gasteiger partial charge < -0.3 is 14.5 Å². The van der Waals surface area contributed by atoms with Gasteiger partial charge in [0.25, 0.3) is 5.91 Å². The van der Waals surface area contributed by atoms with E-state index in [0.717, 1.165) is 35.4 Å². The van der Waals surface area contributed by atoms with Crippen molar-refractivity contribution in [2.75, 3.05) is 26.2 Å². The number of benzene rings is 2. The lowest BCUT2D eigenvalue weighted by atomic mass is 10.2. The fraction of sp³-hybridized carbons (Fsp3) is 0.217. The number of hydrogen-bond acceptors (Lipinski definition) is 5. The van der Waals surface area contributed by atoms with E-state index in [1.807, 2.05) is 0 Å². The quantitative estimate of drug-likeness (QED) is 0.367. The number of ether oxygens (including phenoxy) is 1. The maximum Gasteiger partial charge on any atom is 0.573 e. The van der Waals surface area contributed by atoms with Crippen molar-refractivity contribution in [2.45, 2.75) is 11.3 Å². The summed E-state index contributed by atoms with van der Waals surface area (Å²) in [4.78, 5) is 27.8. The molecule has 4 rings (SSSR count). The molecule has 0 aliphatic carbocycles. The number of halogens is 4. The van der Waals surface area contributed by atoms with Crippen LogP contribution >= 0.6 is 0 Å². The smallest absolute Gasteiger partial charge is 0.406 e. The van der Waals surface area contributed by atoms with Crippen LogP contribution < -0.4 is 9.88 Å². The summed E-state index contributed by atoms with van der Waals surface area (Å²) in [6, 6.07) is 7.87. The minimum atomic E-state index is -4.79. The number of nitrogens with zero attached hydrogens (tertiary/aromatic N) is 2. The van der Waals surface area contributed by atoms with Crippen molar-refractivity contribution in [2.24, 2.45) is 5.14 Å². The molecule has 0 radical (unpaired) electrons. The average molecular weight is 525 g/mol. The van der Waals surface area contributed by atoms with Crippen molar-refractivity contribution in [1.29, 1.82) is 0 Å². The van der Waals surface area contributed by atoms with Crippen molar-refractivity contribution in [3.63, 3.8) is 0 Å². The zero-order valence-corrected chi connectivity index (χ0v) is 19.3. The Bertz CT molecular complexity index is 1370. The molecule has 2 aromatic rings. The molecule has 0 saturated carbocycles. The van der Waals surface area contributed by atoms with Gasteiger partial charge in [-0.3, -0.25) is 9.59 Å². The molecule has 0 aromatic heterocycles. The number of sulfonamides is 1. The molecule has 2 amide bonds. The van der Waals surface area contributed by atoms with E-state index in [0.29, 0.717) is 11.6 Å². The van der Waals surface area contributed by atoms with Crippen LogP contribution in [0.4, 0.5) is 17.6 Å². The van der Waals surface area contributed by atoms with Crippen LogP contribution in [0.3, 0.4) is 0 Å². The second-order valence-electron chi connectivity index (χ2n) is 8.20. The summed E-state index contributed by atoms with van der Waals surface area (Å²) in [5.74, 6) is -2.30. The third-order valence-electron chi connectivity index (χ3n) is 5.66. The Hall–Kier alpha value is -3.71. The highest BCUT2D eigenvalue weighted by molar-refractivity contribution is 7.89. The van der Waals surface area contributed by atoms with E-state index < -0.39 is 33.0 Å². The zero-order valence-electron chi connectivity index (χ0n) is 18.5. The highest BCUT2D eigenvalue weighted by Crippen LogP contribution is 2.28. The lowest BCUT2D eigenvalue weighted by molar-refractivity contribution is -0.274. The molecule has 2 aliphatic rings. The number of primary sulfonamides is 1. The highest BCUT2D eigenvalue weighted by Gasteiger charge is 2.34. The predicted molar refractivity (Wildman–Crippen MR) is 119 cm³/mol. The number of hydrogen-bond donors (Lipinski definition) is 1. The minimum absolute atomic E-state index is 0.193. The Balaban J connectivity index is 1.33. The largest absolute Gasteiger partial charge is 0.573 e. The van der Waals surface area contributed by atoms with Gasteiger partial charge in [-0.15, -0.1) is 13.2 Å². The molecule has 2 aromatic carbocycles. The zero-order chi connectivity index (χ0) is 26.3. The molecule has 0 saturated heterocycles.